The zero-order valence-electron chi connectivity index (χ0n) is 11.6. The molecule has 3 N–H and O–H groups in total. The van der Waals surface area contributed by atoms with Gasteiger partial charge >= 0.3 is 5.97 Å². The molecule has 0 amide bonds. The maximum Gasteiger partial charge on any atom is 0.340 e. The van der Waals surface area contributed by atoms with Crippen molar-refractivity contribution in [1.29, 1.82) is 0 Å². The molecule has 110 valence electrons. The summed E-state index contributed by atoms with van der Waals surface area (Å²) in [6.07, 6.45) is 1.20. The van der Waals surface area contributed by atoms with Crippen LogP contribution in [0, 0.1) is 5.92 Å². The first kappa shape index (κ1) is 14.9. The third-order valence-electron chi connectivity index (χ3n) is 3.59. The Morgan fingerprint density at radius 1 is 1.60 bits per heavy atom. The van der Waals surface area contributed by atoms with Crippen molar-refractivity contribution < 1.29 is 14.3 Å². The summed E-state index contributed by atoms with van der Waals surface area (Å²) in [6, 6.07) is 3.18. The van der Waals surface area contributed by atoms with Gasteiger partial charge in [-0.1, -0.05) is 11.6 Å². The lowest BCUT2D eigenvalue weighted by Gasteiger charge is -2.18. The van der Waals surface area contributed by atoms with Gasteiger partial charge in [0, 0.05) is 24.8 Å². The van der Waals surface area contributed by atoms with Gasteiger partial charge < -0.3 is 20.5 Å². The van der Waals surface area contributed by atoms with Crippen molar-refractivity contribution in [2.45, 2.75) is 19.4 Å². The lowest BCUT2D eigenvalue weighted by atomic mass is 10.0. The number of nitrogen functional groups attached to an aromatic ring is 1. The Balaban J connectivity index is 2.19. The van der Waals surface area contributed by atoms with Crippen LogP contribution in [0.3, 0.4) is 0 Å². The Kier molecular flexibility index (Phi) is 4.73. The highest BCUT2D eigenvalue weighted by Crippen LogP contribution is 2.31. The molecule has 5 nitrogen and oxygen atoms in total. The molecule has 0 aliphatic carbocycles. The van der Waals surface area contributed by atoms with Crippen LogP contribution in [0.4, 0.5) is 11.4 Å². The Hall–Kier alpha value is -1.46. The van der Waals surface area contributed by atoms with Gasteiger partial charge in [0.1, 0.15) is 0 Å². The van der Waals surface area contributed by atoms with E-state index in [0.717, 1.165) is 13.0 Å². The highest BCUT2D eigenvalue weighted by molar-refractivity contribution is 6.34. The Labute approximate surface area is 123 Å². The van der Waals surface area contributed by atoms with Crippen LogP contribution in [0.15, 0.2) is 12.1 Å². The molecule has 1 aliphatic rings. The normalized spacial score (nSPS) is 21.8. The van der Waals surface area contributed by atoms with E-state index in [-0.39, 0.29) is 6.10 Å². The van der Waals surface area contributed by atoms with Crippen LogP contribution >= 0.6 is 11.6 Å². The van der Waals surface area contributed by atoms with Gasteiger partial charge in [0.15, 0.2) is 0 Å². The number of ether oxygens (including phenoxy) is 2. The number of esters is 1. The predicted octanol–water partition coefficient (Wildman–Crippen LogP) is 2.55. The molecule has 20 heavy (non-hydrogen) atoms. The molecule has 0 radical (unpaired) electrons. The number of rotatable bonds is 4. The van der Waals surface area contributed by atoms with Gasteiger partial charge in [-0.3, -0.25) is 0 Å². The molecule has 6 heteroatoms. The van der Waals surface area contributed by atoms with Crippen molar-refractivity contribution >= 4 is 28.9 Å². The molecule has 1 saturated heterocycles. The third-order valence-corrected chi connectivity index (χ3v) is 3.89. The number of nitrogens with one attached hydrogen (secondary N) is 1. The summed E-state index contributed by atoms with van der Waals surface area (Å²) in [5, 5.41) is 3.64. The van der Waals surface area contributed by atoms with Gasteiger partial charge in [0.2, 0.25) is 0 Å². The van der Waals surface area contributed by atoms with Crippen molar-refractivity contribution in [1.82, 2.24) is 0 Å². The van der Waals surface area contributed by atoms with Crippen molar-refractivity contribution in [3.63, 3.8) is 0 Å². The summed E-state index contributed by atoms with van der Waals surface area (Å²) >= 11 is 6.18. The average Bonchev–Trinajstić information content (AvgIpc) is 2.81. The van der Waals surface area contributed by atoms with Crippen LogP contribution in [0.5, 0.6) is 0 Å². The van der Waals surface area contributed by atoms with Gasteiger partial charge in [-0.15, -0.1) is 0 Å². The van der Waals surface area contributed by atoms with Gasteiger partial charge in [0.25, 0.3) is 0 Å². The second-order valence-electron chi connectivity index (χ2n) is 4.92. The summed E-state index contributed by atoms with van der Waals surface area (Å²) in [7, 11) is 1.33. The van der Waals surface area contributed by atoms with Crippen LogP contribution in [0.1, 0.15) is 23.7 Å². The van der Waals surface area contributed by atoms with Gasteiger partial charge in [-0.05, 0) is 25.5 Å². The Morgan fingerprint density at radius 3 is 2.95 bits per heavy atom. The van der Waals surface area contributed by atoms with Crippen molar-refractivity contribution in [2.75, 3.05) is 31.3 Å². The predicted molar refractivity (Wildman–Crippen MR) is 79.2 cm³/mol. The molecule has 0 bridgehead atoms. The van der Waals surface area contributed by atoms with E-state index in [4.69, 9.17) is 26.8 Å². The lowest BCUT2D eigenvalue weighted by molar-refractivity contribution is 0.0602. The maximum atomic E-state index is 11.8. The number of carbonyl (C=O) groups is 1. The van der Waals surface area contributed by atoms with E-state index in [1.165, 1.54) is 7.11 Å². The SMILES string of the molecule is COC(=O)c1cc(N)cc(Cl)c1NCC1CCOC1C. The molecule has 1 aromatic carbocycles. The van der Waals surface area contributed by atoms with Gasteiger partial charge in [-0.25, -0.2) is 4.79 Å². The molecule has 2 unspecified atom stereocenters. The fraction of sp³-hybridized carbons (Fsp3) is 0.500. The number of nitrogens with two attached hydrogens (primary N) is 1. The van der Waals surface area contributed by atoms with E-state index in [9.17, 15) is 4.79 Å². The van der Waals surface area contributed by atoms with E-state index in [0.29, 0.717) is 34.4 Å². The smallest absolute Gasteiger partial charge is 0.340 e. The van der Waals surface area contributed by atoms with Crippen LogP contribution < -0.4 is 11.1 Å². The zero-order valence-corrected chi connectivity index (χ0v) is 12.4. The van der Waals surface area contributed by atoms with E-state index in [1.54, 1.807) is 12.1 Å². The van der Waals surface area contributed by atoms with E-state index < -0.39 is 5.97 Å². The number of anilines is 2. The van der Waals surface area contributed by atoms with Crippen LogP contribution in [0.2, 0.25) is 5.02 Å². The quantitative estimate of drug-likeness (QED) is 0.660. The third kappa shape index (κ3) is 3.16. The summed E-state index contributed by atoms with van der Waals surface area (Å²) in [5.74, 6) is -0.0634. The fourth-order valence-corrected chi connectivity index (χ4v) is 2.65. The molecule has 0 aromatic heterocycles. The Bertz CT molecular complexity index is 507. The molecule has 2 rings (SSSR count). The minimum atomic E-state index is -0.461. The largest absolute Gasteiger partial charge is 0.465 e. The number of methoxy groups -OCH3 is 1. The molecule has 1 heterocycles. The van der Waals surface area contributed by atoms with E-state index >= 15 is 0 Å². The zero-order chi connectivity index (χ0) is 14.7. The highest BCUT2D eigenvalue weighted by Gasteiger charge is 2.25. The molecule has 1 fully saturated rings. The van der Waals surface area contributed by atoms with Gasteiger partial charge in [-0.2, -0.15) is 0 Å². The average molecular weight is 299 g/mol. The minimum absolute atomic E-state index is 0.205. The van der Waals surface area contributed by atoms with E-state index in [1.807, 2.05) is 6.92 Å². The number of hydrogen-bond donors (Lipinski definition) is 2. The number of carbonyl (C=O) groups excluding carboxylic acids is 1. The second-order valence-corrected chi connectivity index (χ2v) is 5.33. The van der Waals surface area contributed by atoms with Crippen molar-refractivity contribution in [2.24, 2.45) is 5.92 Å². The highest BCUT2D eigenvalue weighted by atomic mass is 35.5. The first-order valence-corrected chi connectivity index (χ1v) is 6.93. The van der Waals surface area contributed by atoms with Gasteiger partial charge in [0.05, 0.1) is 29.5 Å². The minimum Gasteiger partial charge on any atom is -0.465 e. The number of hydrogen-bond acceptors (Lipinski definition) is 5. The Morgan fingerprint density at radius 2 is 2.35 bits per heavy atom. The molecule has 2 atom stereocenters. The molecular formula is C14H19ClN2O3. The number of halogens is 1. The maximum absolute atomic E-state index is 11.8. The molecule has 0 saturated carbocycles. The number of benzene rings is 1. The van der Waals surface area contributed by atoms with Crippen LogP contribution in [-0.4, -0.2) is 32.3 Å². The first-order chi connectivity index (χ1) is 9.52. The van der Waals surface area contributed by atoms with Crippen LogP contribution in [-0.2, 0) is 9.47 Å². The van der Waals surface area contributed by atoms with Crippen LogP contribution in [0.25, 0.3) is 0 Å². The van der Waals surface area contributed by atoms with Crippen molar-refractivity contribution in [3.8, 4) is 0 Å². The summed E-state index contributed by atoms with van der Waals surface area (Å²) < 4.78 is 10.3. The standard InChI is InChI=1S/C14H19ClN2O3/c1-8-9(3-4-20-8)7-17-13-11(14(18)19-2)5-10(16)6-12(13)15/h5-6,8-9,17H,3-4,7,16H2,1-2H3. The van der Waals surface area contributed by atoms with E-state index in [2.05, 4.69) is 5.32 Å². The summed E-state index contributed by atoms with van der Waals surface area (Å²) in [4.78, 5) is 11.8. The lowest BCUT2D eigenvalue weighted by Crippen LogP contribution is -2.22. The molecular weight excluding hydrogens is 280 g/mol. The monoisotopic (exact) mass is 298 g/mol. The second kappa shape index (κ2) is 6.33. The van der Waals surface area contributed by atoms with Crippen molar-refractivity contribution in [3.05, 3.63) is 22.7 Å². The molecule has 0 spiro atoms. The molecule has 1 aliphatic heterocycles. The summed E-state index contributed by atoms with van der Waals surface area (Å²) in [6.45, 7) is 3.51. The molecule has 1 aromatic rings. The summed E-state index contributed by atoms with van der Waals surface area (Å²) in [5.41, 5.74) is 7.06. The topological polar surface area (TPSA) is 73.6 Å². The first-order valence-electron chi connectivity index (χ1n) is 6.55. The fourth-order valence-electron chi connectivity index (χ4n) is 2.36.